The third-order valence-electron chi connectivity index (χ3n) is 2.82. The summed E-state index contributed by atoms with van der Waals surface area (Å²) in [7, 11) is 0. The quantitative estimate of drug-likeness (QED) is 0.454. The van der Waals surface area contributed by atoms with Crippen LogP contribution in [0.25, 0.3) is 0 Å². The second-order valence-electron chi connectivity index (χ2n) is 4.86. The lowest BCUT2D eigenvalue weighted by Crippen LogP contribution is -2.50. The van der Waals surface area contributed by atoms with Gasteiger partial charge in [0.15, 0.2) is 0 Å². The smallest absolute Gasteiger partial charge is 0.422 e. The molecule has 0 saturated heterocycles. The van der Waals surface area contributed by atoms with Gasteiger partial charge in [0, 0.05) is 6.54 Å². The highest BCUT2D eigenvalue weighted by Gasteiger charge is 2.65. The van der Waals surface area contributed by atoms with Crippen molar-refractivity contribution in [2.24, 2.45) is 0 Å². The van der Waals surface area contributed by atoms with E-state index in [1.807, 2.05) is 0 Å². The van der Waals surface area contributed by atoms with Crippen LogP contribution in [0.2, 0.25) is 0 Å². The Morgan fingerprint density at radius 1 is 0.852 bits per heavy atom. The standard InChI is InChI=1S/C13H7F10NO3/c14-10(15,12(18,19)20)8(25)24-5-6-2-1-3-7(4-6)27-9(26)11(16,17)13(21,22)23/h1-4H,5H2,(H,24,25). The number of esters is 1. The molecule has 1 aromatic carbocycles. The number of halogens is 10. The number of benzene rings is 1. The Hall–Kier alpha value is -2.54. The summed E-state index contributed by atoms with van der Waals surface area (Å²) in [6, 6.07) is 3.19. The minimum Gasteiger partial charge on any atom is -0.422 e. The van der Waals surface area contributed by atoms with Gasteiger partial charge < -0.3 is 10.1 Å². The fourth-order valence-electron chi connectivity index (χ4n) is 1.43. The van der Waals surface area contributed by atoms with Crippen LogP contribution in [0, 0.1) is 0 Å². The topological polar surface area (TPSA) is 55.4 Å². The third-order valence-corrected chi connectivity index (χ3v) is 2.82. The molecule has 0 saturated carbocycles. The highest BCUT2D eigenvalue weighted by Crippen LogP contribution is 2.37. The van der Waals surface area contributed by atoms with Crippen LogP contribution in [0.4, 0.5) is 43.9 Å². The minimum absolute atomic E-state index is 0.332. The fourth-order valence-corrected chi connectivity index (χ4v) is 1.43. The Kier molecular flexibility index (Phi) is 6.02. The van der Waals surface area contributed by atoms with E-state index in [9.17, 15) is 53.5 Å². The van der Waals surface area contributed by atoms with Crippen molar-refractivity contribution in [3.63, 3.8) is 0 Å². The lowest BCUT2D eigenvalue weighted by molar-refractivity contribution is -0.276. The van der Waals surface area contributed by atoms with E-state index in [4.69, 9.17) is 0 Å². The molecule has 0 aliphatic rings. The van der Waals surface area contributed by atoms with Gasteiger partial charge in [0.2, 0.25) is 0 Å². The molecule has 4 nitrogen and oxygen atoms in total. The van der Waals surface area contributed by atoms with Crippen molar-refractivity contribution in [1.29, 1.82) is 0 Å². The van der Waals surface area contributed by atoms with Gasteiger partial charge in [0.05, 0.1) is 0 Å². The van der Waals surface area contributed by atoms with Crippen LogP contribution in [-0.2, 0) is 16.1 Å². The van der Waals surface area contributed by atoms with E-state index in [2.05, 4.69) is 4.74 Å². The molecule has 1 rings (SSSR count). The summed E-state index contributed by atoms with van der Waals surface area (Å²) in [5.41, 5.74) is -0.332. The summed E-state index contributed by atoms with van der Waals surface area (Å²) in [6.45, 7) is -0.994. The van der Waals surface area contributed by atoms with Crippen LogP contribution in [0.3, 0.4) is 0 Å². The first-order valence-corrected chi connectivity index (χ1v) is 6.48. The van der Waals surface area contributed by atoms with Crippen LogP contribution in [0.5, 0.6) is 5.75 Å². The van der Waals surface area contributed by atoms with Crippen molar-refractivity contribution >= 4 is 11.9 Å². The average Bonchev–Trinajstić information content (AvgIpc) is 2.50. The highest BCUT2D eigenvalue weighted by molar-refractivity contribution is 5.84. The van der Waals surface area contributed by atoms with E-state index < -0.39 is 48.4 Å². The van der Waals surface area contributed by atoms with E-state index in [0.717, 1.165) is 18.2 Å². The van der Waals surface area contributed by atoms with E-state index in [1.54, 1.807) is 0 Å². The van der Waals surface area contributed by atoms with Gasteiger partial charge in [-0.2, -0.15) is 43.9 Å². The van der Waals surface area contributed by atoms with Crippen molar-refractivity contribution in [1.82, 2.24) is 5.32 Å². The summed E-state index contributed by atoms with van der Waals surface area (Å²) in [5, 5.41) is 1.20. The summed E-state index contributed by atoms with van der Waals surface area (Å²) >= 11 is 0. The van der Waals surface area contributed by atoms with Gasteiger partial charge >= 0.3 is 36.1 Å². The van der Waals surface area contributed by atoms with Crippen molar-refractivity contribution < 1.29 is 58.2 Å². The van der Waals surface area contributed by atoms with Crippen molar-refractivity contribution in [3.05, 3.63) is 29.8 Å². The van der Waals surface area contributed by atoms with Crippen LogP contribution in [-0.4, -0.2) is 36.1 Å². The Morgan fingerprint density at radius 2 is 1.37 bits per heavy atom. The predicted octanol–water partition coefficient (Wildman–Crippen LogP) is 3.60. The number of nitrogens with one attached hydrogen (secondary N) is 1. The third kappa shape index (κ3) is 5.01. The summed E-state index contributed by atoms with van der Waals surface area (Å²) in [4.78, 5) is 21.8. The first-order valence-electron chi connectivity index (χ1n) is 6.48. The van der Waals surface area contributed by atoms with Gasteiger partial charge in [-0.1, -0.05) is 12.1 Å². The second kappa shape index (κ2) is 7.23. The summed E-state index contributed by atoms with van der Waals surface area (Å²) in [6.07, 6.45) is -12.4. The molecule has 0 aromatic heterocycles. The second-order valence-corrected chi connectivity index (χ2v) is 4.86. The van der Waals surface area contributed by atoms with Crippen molar-refractivity contribution in [2.45, 2.75) is 30.7 Å². The number of hydrogen-bond acceptors (Lipinski definition) is 3. The van der Waals surface area contributed by atoms with Crippen LogP contribution < -0.4 is 10.1 Å². The zero-order valence-electron chi connectivity index (χ0n) is 12.5. The van der Waals surface area contributed by atoms with Gasteiger partial charge in [-0.25, -0.2) is 4.79 Å². The number of ether oxygens (including phenoxy) is 1. The Morgan fingerprint density at radius 3 is 1.85 bits per heavy atom. The van der Waals surface area contributed by atoms with Crippen molar-refractivity contribution in [3.8, 4) is 5.75 Å². The number of carbonyl (C=O) groups excluding carboxylic acids is 2. The molecule has 152 valence electrons. The lowest BCUT2D eigenvalue weighted by atomic mass is 10.2. The molecule has 0 heterocycles. The molecular formula is C13H7F10NO3. The number of amides is 1. The molecule has 0 bridgehead atoms. The zero-order chi connectivity index (χ0) is 21.3. The molecule has 14 heteroatoms. The number of rotatable bonds is 5. The van der Waals surface area contributed by atoms with Gasteiger partial charge in [-0.3, -0.25) is 4.79 Å². The molecule has 0 spiro atoms. The SMILES string of the molecule is O=C(NCc1cccc(OC(=O)C(F)(F)C(F)(F)F)c1)C(F)(F)C(F)(F)F. The van der Waals surface area contributed by atoms with E-state index in [1.165, 1.54) is 5.32 Å². The predicted molar refractivity (Wildman–Crippen MR) is 65.9 cm³/mol. The Labute approximate surface area is 143 Å². The molecule has 1 aromatic rings. The molecule has 0 unspecified atom stereocenters. The lowest BCUT2D eigenvalue weighted by Gasteiger charge is -2.19. The fraction of sp³-hybridized carbons (Fsp3) is 0.385. The maximum Gasteiger partial charge on any atom is 0.465 e. The molecular weight excluding hydrogens is 408 g/mol. The first-order chi connectivity index (χ1) is 12.0. The van der Waals surface area contributed by atoms with E-state index >= 15 is 0 Å². The van der Waals surface area contributed by atoms with Crippen LogP contribution in [0.1, 0.15) is 5.56 Å². The summed E-state index contributed by atoms with van der Waals surface area (Å²) in [5.74, 6) is -18.2. The Balaban J connectivity index is 2.84. The Bertz CT molecular complexity index is 711. The van der Waals surface area contributed by atoms with Gasteiger partial charge in [0.1, 0.15) is 5.75 Å². The molecule has 0 fully saturated rings. The van der Waals surface area contributed by atoms with E-state index in [-0.39, 0.29) is 5.56 Å². The molecule has 0 radical (unpaired) electrons. The maximum absolute atomic E-state index is 12.8. The minimum atomic E-state index is -6.24. The molecule has 0 aliphatic heterocycles. The van der Waals surface area contributed by atoms with Gasteiger partial charge in [0.25, 0.3) is 0 Å². The largest absolute Gasteiger partial charge is 0.465 e. The molecule has 0 aliphatic carbocycles. The number of carbonyl (C=O) groups is 2. The maximum atomic E-state index is 12.8. The zero-order valence-corrected chi connectivity index (χ0v) is 12.5. The summed E-state index contributed by atoms with van der Waals surface area (Å²) < 4.78 is 127. The normalized spacial score (nSPS) is 13.3. The molecule has 1 N–H and O–H groups in total. The monoisotopic (exact) mass is 415 g/mol. The number of hydrogen-bond donors (Lipinski definition) is 1. The number of alkyl halides is 10. The molecule has 27 heavy (non-hydrogen) atoms. The van der Waals surface area contributed by atoms with Crippen molar-refractivity contribution in [2.75, 3.05) is 0 Å². The average molecular weight is 415 g/mol. The first kappa shape index (κ1) is 22.5. The van der Waals surface area contributed by atoms with Crippen LogP contribution >= 0.6 is 0 Å². The van der Waals surface area contributed by atoms with Crippen LogP contribution in [0.15, 0.2) is 24.3 Å². The van der Waals surface area contributed by atoms with Gasteiger partial charge in [-0.15, -0.1) is 0 Å². The van der Waals surface area contributed by atoms with E-state index in [0.29, 0.717) is 6.07 Å². The highest BCUT2D eigenvalue weighted by atomic mass is 19.4. The van der Waals surface area contributed by atoms with Gasteiger partial charge in [-0.05, 0) is 17.7 Å². The molecule has 0 atom stereocenters. The molecule has 1 amide bonds.